The first kappa shape index (κ1) is 58.3. The van der Waals surface area contributed by atoms with E-state index in [0.29, 0.717) is 17.2 Å². The van der Waals surface area contributed by atoms with Crippen molar-refractivity contribution in [1.82, 2.24) is 34.1 Å². The molecular formula is C93H61N7OS. The van der Waals surface area contributed by atoms with Crippen LogP contribution in [0.5, 0.6) is 0 Å². The van der Waals surface area contributed by atoms with Crippen molar-refractivity contribution < 1.29 is 4.42 Å². The van der Waals surface area contributed by atoms with Gasteiger partial charge in [0.25, 0.3) is 0 Å². The van der Waals surface area contributed by atoms with E-state index in [0.717, 1.165) is 82.5 Å². The fourth-order valence-electron chi connectivity index (χ4n) is 16.9. The number of rotatable bonds is 6. The smallest absolute Gasteiger partial charge is 0.197 e. The fourth-order valence-corrected chi connectivity index (χ4v) is 18.0. The minimum atomic E-state index is -0.0592. The standard InChI is InChI=1S/C47H31N3O.C46H30N4S/c1-47(2)38-18-10-8-16-33(38)35-24-31(20-22-39(35)47)32-21-23-42-37(26-32)43-44(51-42)46(49-45(48-43)28-12-4-3-5-13-28)50-40-19-11-9-17-34(40)36-25-29-14-6-7-15-30(29)27-41(36)50;1-46(2)36-15-7-5-13-33(36)41-31(14-9-16-37(41)46)30-18-19-40-35(25-30)42-43(51-40)45(49-44(48-42)27-20-22-47-23-21-27)50-38-17-8-6-12-32(38)34-24-28-10-3-4-11-29(28)26-39(34)50/h3-27H,1-2H3;3-26H,1-2H3. The predicted octanol–water partition coefficient (Wildman–Crippen LogP) is 24.4. The van der Waals surface area contributed by atoms with Crippen molar-refractivity contribution in [3.05, 3.63) is 320 Å². The molecule has 20 aromatic rings. The number of hydrogen-bond acceptors (Lipinski definition) is 7. The second-order valence-electron chi connectivity index (χ2n) is 28.3. The fraction of sp³-hybridized carbons (Fsp3) is 0.0645. The molecule has 0 amide bonds. The van der Waals surface area contributed by atoms with Gasteiger partial charge >= 0.3 is 0 Å². The van der Waals surface area contributed by atoms with Crippen molar-refractivity contribution in [2.75, 3.05) is 0 Å². The molecule has 0 N–H and O–H groups in total. The van der Waals surface area contributed by atoms with Crippen LogP contribution in [-0.4, -0.2) is 34.1 Å². The lowest BCUT2D eigenvalue weighted by molar-refractivity contribution is 0.660. The zero-order valence-electron chi connectivity index (χ0n) is 56.2. The first-order chi connectivity index (χ1) is 50.1. The highest BCUT2D eigenvalue weighted by molar-refractivity contribution is 7.26. The van der Waals surface area contributed by atoms with Crippen LogP contribution in [0.2, 0.25) is 0 Å². The third kappa shape index (κ3) is 8.64. The largest absolute Gasteiger partial charge is 0.450 e. The topological polar surface area (TPSA) is 87.5 Å². The van der Waals surface area contributed by atoms with Gasteiger partial charge in [0.05, 0.1) is 32.3 Å². The Morgan fingerprint density at radius 1 is 0.324 bits per heavy atom. The van der Waals surface area contributed by atoms with Gasteiger partial charge in [0, 0.05) is 71.4 Å². The number of fused-ring (bicyclic) bond motifs is 20. The summed E-state index contributed by atoms with van der Waals surface area (Å²) in [7, 11) is 0. The highest BCUT2D eigenvalue weighted by Crippen LogP contribution is 2.54. The van der Waals surface area contributed by atoms with E-state index in [1.165, 1.54) is 109 Å². The van der Waals surface area contributed by atoms with Crippen LogP contribution in [0.4, 0.5) is 0 Å². The van der Waals surface area contributed by atoms with E-state index in [-0.39, 0.29) is 10.8 Å². The van der Waals surface area contributed by atoms with Crippen LogP contribution in [0.15, 0.2) is 302 Å². The van der Waals surface area contributed by atoms with Crippen LogP contribution < -0.4 is 0 Å². The average molecular weight is 1320 g/mol. The quantitative estimate of drug-likeness (QED) is 0.165. The third-order valence-electron chi connectivity index (χ3n) is 21.9. The molecule has 0 radical (unpaired) electrons. The van der Waals surface area contributed by atoms with E-state index in [2.05, 4.69) is 297 Å². The molecule has 7 heterocycles. The maximum Gasteiger partial charge on any atom is 0.197 e. The van der Waals surface area contributed by atoms with Gasteiger partial charge in [-0.3, -0.25) is 14.1 Å². The lowest BCUT2D eigenvalue weighted by Gasteiger charge is -2.21. The van der Waals surface area contributed by atoms with E-state index >= 15 is 0 Å². The Morgan fingerprint density at radius 2 is 0.833 bits per heavy atom. The van der Waals surface area contributed by atoms with Gasteiger partial charge in [-0.2, -0.15) is 0 Å². The molecule has 0 aliphatic heterocycles. The summed E-state index contributed by atoms with van der Waals surface area (Å²) in [6, 6.07) is 103. The van der Waals surface area contributed by atoms with Crippen molar-refractivity contribution >= 4 is 119 Å². The second kappa shape index (κ2) is 21.9. The lowest BCUT2D eigenvalue weighted by atomic mass is 9.82. The Labute approximate surface area is 590 Å². The number of benzene rings is 13. The van der Waals surface area contributed by atoms with Crippen LogP contribution in [0.3, 0.4) is 0 Å². The molecule has 9 heteroatoms. The van der Waals surface area contributed by atoms with E-state index in [9.17, 15) is 0 Å². The van der Waals surface area contributed by atoms with Crippen molar-refractivity contribution in [2.45, 2.75) is 38.5 Å². The summed E-state index contributed by atoms with van der Waals surface area (Å²) >= 11 is 1.77. The van der Waals surface area contributed by atoms with Gasteiger partial charge in [0.15, 0.2) is 28.9 Å². The number of pyridine rings is 1. The zero-order chi connectivity index (χ0) is 67.7. The maximum atomic E-state index is 6.78. The van der Waals surface area contributed by atoms with Crippen LogP contribution in [0.1, 0.15) is 49.9 Å². The molecule has 0 atom stereocenters. The van der Waals surface area contributed by atoms with E-state index in [4.69, 9.17) is 24.4 Å². The Balaban J connectivity index is 0.000000133. The lowest BCUT2D eigenvalue weighted by Crippen LogP contribution is -2.14. The van der Waals surface area contributed by atoms with Crippen LogP contribution in [0, 0.1) is 0 Å². The zero-order valence-corrected chi connectivity index (χ0v) is 57.1. The molecule has 0 saturated carbocycles. The van der Waals surface area contributed by atoms with E-state index < -0.39 is 0 Å². The Morgan fingerprint density at radius 3 is 1.54 bits per heavy atom. The second-order valence-corrected chi connectivity index (χ2v) is 29.3. The highest BCUT2D eigenvalue weighted by atomic mass is 32.1. The normalized spacial score (nSPS) is 13.5. The Bertz CT molecular complexity index is 6950. The number of nitrogens with zero attached hydrogens (tertiary/aromatic N) is 7. The van der Waals surface area contributed by atoms with Gasteiger partial charge in [0.1, 0.15) is 11.1 Å². The van der Waals surface area contributed by atoms with Crippen LogP contribution >= 0.6 is 11.3 Å². The average Bonchev–Trinajstić information content (AvgIpc) is 1.57. The summed E-state index contributed by atoms with van der Waals surface area (Å²) in [6.45, 7) is 9.33. The number of furan rings is 1. The van der Waals surface area contributed by atoms with Gasteiger partial charge in [-0.05, 0) is 167 Å². The minimum absolute atomic E-state index is 0.0323. The molecular weight excluding hydrogens is 1260 g/mol. The van der Waals surface area contributed by atoms with E-state index in [1.54, 1.807) is 11.3 Å². The summed E-state index contributed by atoms with van der Waals surface area (Å²) in [6.07, 6.45) is 3.63. The molecule has 0 spiro atoms. The molecule has 0 fully saturated rings. The molecule has 0 unspecified atom stereocenters. The van der Waals surface area contributed by atoms with Crippen LogP contribution in [0.25, 0.3) is 186 Å². The summed E-state index contributed by atoms with van der Waals surface area (Å²) in [5.41, 5.74) is 25.0. The van der Waals surface area contributed by atoms with Crippen molar-refractivity contribution in [1.29, 1.82) is 0 Å². The number of thiophene rings is 1. The SMILES string of the molecule is CC1(C)c2ccccc2-c2c(-c3ccc4sc5c(-n6c7ccccc7c7cc8ccccc8cc76)nc(-c6ccncc6)nc5c4c3)cccc21.CC1(C)c2ccccc2-c2cc(-c3ccc4oc5c(-n6c7ccccc7c7cc8ccccc8cc76)nc(-c6ccccc6)nc5c4c3)ccc21. The van der Waals surface area contributed by atoms with Gasteiger partial charge in [-0.15, -0.1) is 11.3 Å². The number of hydrogen-bond donors (Lipinski definition) is 0. The summed E-state index contributed by atoms with van der Waals surface area (Å²) < 4.78 is 13.6. The third-order valence-corrected chi connectivity index (χ3v) is 23.1. The Kier molecular flexibility index (Phi) is 12.5. The Hall–Kier alpha value is -12.7. The van der Waals surface area contributed by atoms with E-state index in [1.807, 2.05) is 42.7 Å². The first-order valence-corrected chi connectivity index (χ1v) is 35.7. The number of para-hydroxylation sites is 2. The molecule has 8 nitrogen and oxygen atoms in total. The monoisotopic (exact) mass is 1320 g/mol. The first-order valence-electron chi connectivity index (χ1n) is 34.8. The molecule has 102 heavy (non-hydrogen) atoms. The molecule has 2 aliphatic carbocycles. The molecule has 0 saturated heterocycles. The van der Waals surface area contributed by atoms with Gasteiger partial charge in [-0.25, -0.2) is 19.9 Å². The van der Waals surface area contributed by atoms with Crippen molar-refractivity contribution in [3.8, 4) is 78.9 Å². The molecule has 7 aromatic heterocycles. The van der Waals surface area contributed by atoms with Crippen molar-refractivity contribution in [3.63, 3.8) is 0 Å². The molecule has 0 bridgehead atoms. The van der Waals surface area contributed by atoms with Gasteiger partial charge in [-0.1, -0.05) is 234 Å². The predicted molar refractivity (Wildman–Crippen MR) is 423 cm³/mol. The molecule has 2 aliphatic rings. The molecule has 13 aromatic carbocycles. The minimum Gasteiger partial charge on any atom is -0.450 e. The number of aromatic nitrogens is 7. The summed E-state index contributed by atoms with van der Waals surface area (Å²) in [5, 5.41) is 11.7. The van der Waals surface area contributed by atoms with Crippen molar-refractivity contribution in [2.24, 2.45) is 0 Å². The highest BCUT2D eigenvalue weighted by Gasteiger charge is 2.38. The molecule has 22 rings (SSSR count). The van der Waals surface area contributed by atoms with Gasteiger partial charge < -0.3 is 4.42 Å². The summed E-state index contributed by atoms with van der Waals surface area (Å²) in [4.78, 5) is 25.6. The summed E-state index contributed by atoms with van der Waals surface area (Å²) in [5.74, 6) is 2.98. The maximum absolute atomic E-state index is 6.78. The van der Waals surface area contributed by atoms with Crippen LogP contribution in [-0.2, 0) is 10.8 Å². The molecule has 480 valence electrons. The van der Waals surface area contributed by atoms with Gasteiger partial charge in [0.2, 0.25) is 0 Å².